The molecule has 0 saturated heterocycles. The van der Waals surface area contributed by atoms with Crippen molar-refractivity contribution in [1.29, 1.82) is 0 Å². The molecule has 1 aliphatic heterocycles. The van der Waals surface area contributed by atoms with Gasteiger partial charge < -0.3 is 9.80 Å². The summed E-state index contributed by atoms with van der Waals surface area (Å²) in [6.45, 7) is 7.52. The molecule has 14 heavy (non-hydrogen) atoms. The Hall–Kier alpha value is -1.25. The number of fused-ring (bicyclic) bond motifs is 1. The van der Waals surface area contributed by atoms with Crippen LogP contribution < -0.4 is 9.80 Å². The smallest absolute Gasteiger partial charge is 0.0788 e. The highest BCUT2D eigenvalue weighted by atomic mass is 15.2. The van der Waals surface area contributed by atoms with Crippen LogP contribution in [0, 0.1) is 6.92 Å². The molecule has 1 aromatic heterocycles. The van der Waals surface area contributed by atoms with Crippen LogP contribution in [0.15, 0.2) is 12.3 Å². The van der Waals surface area contributed by atoms with Gasteiger partial charge in [-0.05, 0) is 19.9 Å². The Balaban J connectivity index is 2.46. The van der Waals surface area contributed by atoms with Gasteiger partial charge in [0.05, 0.1) is 17.6 Å². The third-order valence-corrected chi connectivity index (χ3v) is 2.84. The molecule has 3 heteroatoms. The molecular weight excluding hydrogens is 174 g/mol. The van der Waals surface area contributed by atoms with Gasteiger partial charge in [-0.2, -0.15) is 0 Å². The van der Waals surface area contributed by atoms with Gasteiger partial charge in [0.15, 0.2) is 0 Å². The van der Waals surface area contributed by atoms with Gasteiger partial charge in [-0.25, -0.2) is 0 Å². The molecule has 0 amide bonds. The highest BCUT2D eigenvalue weighted by Crippen LogP contribution is 2.31. The van der Waals surface area contributed by atoms with Gasteiger partial charge in [-0.15, -0.1) is 0 Å². The third kappa shape index (κ3) is 1.43. The molecule has 2 rings (SSSR count). The molecule has 2 heterocycles. The van der Waals surface area contributed by atoms with E-state index >= 15 is 0 Å². The van der Waals surface area contributed by atoms with E-state index in [4.69, 9.17) is 0 Å². The summed E-state index contributed by atoms with van der Waals surface area (Å²) in [7, 11) is 2.13. The van der Waals surface area contributed by atoms with E-state index in [1.807, 2.05) is 13.1 Å². The van der Waals surface area contributed by atoms with Crippen molar-refractivity contribution in [3.05, 3.63) is 18.0 Å². The van der Waals surface area contributed by atoms with E-state index in [2.05, 4.69) is 34.8 Å². The maximum Gasteiger partial charge on any atom is 0.0788 e. The number of aromatic nitrogens is 1. The Labute approximate surface area is 85.4 Å². The minimum absolute atomic E-state index is 1.07. The molecule has 0 bridgehead atoms. The molecule has 0 saturated carbocycles. The summed E-state index contributed by atoms with van der Waals surface area (Å²) in [6.07, 6.45) is 1.98. The molecular formula is C11H17N3. The van der Waals surface area contributed by atoms with Crippen LogP contribution in [0.2, 0.25) is 0 Å². The van der Waals surface area contributed by atoms with Crippen LogP contribution in [-0.4, -0.2) is 31.7 Å². The fourth-order valence-corrected chi connectivity index (χ4v) is 1.93. The molecule has 0 N–H and O–H groups in total. The first-order valence-electron chi connectivity index (χ1n) is 5.15. The lowest BCUT2D eigenvalue weighted by molar-refractivity contribution is 0.750. The number of likely N-dealkylation sites (N-methyl/N-ethyl adjacent to an activating group) is 2. The summed E-state index contributed by atoms with van der Waals surface area (Å²) in [5, 5.41) is 0. The van der Waals surface area contributed by atoms with E-state index in [-0.39, 0.29) is 0 Å². The summed E-state index contributed by atoms with van der Waals surface area (Å²) in [5.74, 6) is 0. The summed E-state index contributed by atoms with van der Waals surface area (Å²) in [5.41, 5.74) is 3.68. The van der Waals surface area contributed by atoms with Gasteiger partial charge in [-0.1, -0.05) is 0 Å². The van der Waals surface area contributed by atoms with Crippen LogP contribution in [0.1, 0.15) is 12.6 Å². The van der Waals surface area contributed by atoms with Crippen molar-refractivity contribution in [3.63, 3.8) is 0 Å². The lowest BCUT2D eigenvalue weighted by atomic mass is 10.2. The minimum Gasteiger partial charge on any atom is -0.370 e. The fraction of sp³-hybridized carbons (Fsp3) is 0.545. The zero-order valence-corrected chi connectivity index (χ0v) is 9.12. The first-order chi connectivity index (χ1) is 6.72. The standard InChI is InChI=1S/C11H17N3/c1-4-14-6-5-13(3)11-8-12-9(2)7-10(11)14/h7-8H,4-6H2,1-3H3. The summed E-state index contributed by atoms with van der Waals surface area (Å²) >= 11 is 0. The second-order valence-corrected chi connectivity index (χ2v) is 3.82. The largest absolute Gasteiger partial charge is 0.370 e. The first kappa shape index (κ1) is 9.31. The van der Waals surface area contributed by atoms with Gasteiger partial charge in [0.1, 0.15) is 0 Å². The molecule has 3 nitrogen and oxygen atoms in total. The van der Waals surface area contributed by atoms with Crippen molar-refractivity contribution >= 4 is 11.4 Å². The predicted octanol–water partition coefficient (Wildman–Crippen LogP) is 1.67. The van der Waals surface area contributed by atoms with Crippen LogP contribution in [0.3, 0.4) is 0 Å². The number of hydrogen-bond acceptors (Lipinski definition) is 3. The zero-order chi connectivity index (χ0) is 10.1. The van der Waals surface area contributed by atoms with Gasteiger partial charge in [0, 0.05) is 32.4 Å². The monoisotopic (exact) mass is 191 g/mol. The Morgan fingerprint density at radius 3 is 2.86 bits per heavy atom. The molecule has 0 atom stereocenters. The van der Waals surface area contributed by atoms with Gasteiger partial charge in [0.25, 0.3) is 0 Å². The lowest BCUT2D eigenvalue weighted by Crippen LogP contribution is -2.39. The molecule has 0 radical (unpaired) electrons. The van der Waals surface area contributed by atoms with Crippen molar-refractivity contribution in [2.24, 2.45) is 0 Å². The van der Waals surface area contributed by atoms with E-state index in [1.54, 1.807) is 0 Å². The van der Waals surface area contributed by atoms with Crippen molar-refractivity contribution in [2.45, 2.75) is 13.8 Å². The second kappa shape index (κ2) is 3.48. The van der Waals surface area contributed by atoms with Crippen molar-refractivity contribution < 1.29 is 0 Å². The first-order valence-corrected chi connectivity index (χ1v) is 5.15. The van der Waals surface area contributed by atoms with Crippen molar-refractivity contribution in [2.75, 3.05) is 36.5 Å². The van der Waals surface area contributed by atoms with E-state index < -0.39 is 0 Å². The van der Waals surface area contributed by atoms with Crippen molar-refractivity contribution in [1.82, 2.24) is 4.98 Å². The lowest BCUT2D eigenvalue weighted by Gasteiger charge is -2.36. The quantitative estimate of drug-likeness (QED) is 0.673. The molecule has 0 spiro atoms. The number of pyridine rings is 1. The average molecular weight is 191 g/mol. The van der Waals surface area contributed by atoms with Crippen LogP contribution in [-0.2, 0) is 0 Å². The van der Waals surface area contributed by atoms with Crippen LogP contribution >= 0.6 is 0 Å². The van der Waals surface area contributed by atoms with E-state index in [1.165, 1.54) is 11.4 Å². The minimum atomic E-state index is 1.07. The second-order valence-electron chi connectivity index (χ2n) is 3.82. The predicted molar refractivity (Wildman–Crippen MR) is 60.1 cm³/mol. The molecule has 0 aromatic carbocycles. The van der Waals surface area contributed by atoms with Crippen LogP contribution in [0.25, 0.3) is 0 Å². The molecule has 1 aromatic rings. The van der Waals surface area contributed by atoms with Crippen LogP contribution in [0.4, 0.5) is 11.4 Å². The summed E-state index contributed by atoms with van der Waals surface area (Å²) in [6, 6.07) is 2.18. The normalized spacial score (nSPS) is 15.6. The number of nitrogens with zero attached hydrogens (tertiary/aromatic N) is 3. The third-order valence-electron chi connectivity index (χ3n) is 2.84. The Bertz CT molecular complexity index is 335. The number of anilines is 2. The summed E-state index contributed by atoms with van der Waals surface area (Å²) in [4.78, 5) is 9.02. The van der Waals surface area contributed by atoms with Crippen molar-refractivity contribution in [3.8, 4) is 0 Å². The molecule has 1 aliphatic rings. The molecule has 0 aliphatic carbocycles. The van der Waals surface area contributed by atoms with Gasteiger partial charge >= 0.3 is 0 Å². The number of hydrogen-bond donors (Lipinski definition) is 0. The maximum atomic E-state index is 4.34. The van der Waals surface area contributed by atoms with E-state index in [0.717, 1.165) is 25.3 Å². The number of rotatable bonds is 1. The van der Waals surface area contributed by atoms with E-state index in [0.29, 0.717) is 0 Å². The molecule has 0 fully saturated rings. The summed E-state index contributed by atoms with van der Waals surface area (Å²) < 4.78 is 0. The average Bonchev–Trinajstić information content (AvgIpc) is 2.18. The van der Waals surface area contributed by atoms with E-state index in [9.17, 15) is 0 Å². The highest BCUT2D eigenvalue weighted by molar-refractivity contribution is 5.72. The molecule has 76 valence electrons. The van der Waals surface area contributed by atoms with Gasteiger partial charge in [0.2, 0.25) is 0 Å². The fourth-order valence-electron chi connectivity index (χ4n) is 1.93. The molecule has 0 unspecified atom stereocenters. The Morgan fingerprint density at radius 1 is 1.36 bits per heavy atom. The van der Waals surface area contributed by atoms with Crippen LogP contribution in [0.5, 0.6) is 0 Å². The Kier molecular flexibility index (Phi) is 2.32. The Morgan fingerprint density at radius 2 is 2.14 bits per heavy atom. The highest BCUT2D eigenvalue weighted by Gasteiger charge is 2.19. The number of aryl methyl sites for hydroxylation is 1. The zero-order valence-electron chi connectivity index (χ0n) is 9.12. The van der Waals surface area contributed by atoms with Gasteiger partial charge in [-0.3, -0.25) is 4.98 Å². The topological polar surface area (TPSA) is 19.4 Å². The maximum absolute atomic E-state index is 4.34. The SMILES string of the molecule is CCN1CCN(C)c2cnc(C)cc21.